The summed E-state index contributed by atoms with van der Waals surface area (Å²) in [4.78, 5) is 4.79. The second kappa shape index (κ2) is 5.00. The van der Waals surface area contributed by atoms with E-state index in [0.29, 0.717) is 0 Å². The third kappa shape index (κ3) is 2.54. The lowest BCUT2D eigenvalue weighted by Gasteiger charge is -2.21. The molecular weight excluding hydrogens is 304 g/mol. The average Bonchev–Trinajstić information content (AvgIpc) is 2.37. The third-order valence-electron chi connectivity index (χ3n) is 3.13. The van der Waals surface area contributed by atoms with E-state index >= 15 is 0 Å². The van der Waals surface area contributed by atoms with Gasteiger partial charge in [0.05, 0.1) is 7.11 Å². The van der Waals surface area contributed by atoms with Crippen molar-refractivity contribution >= 4 is 32.5 Å². The SMILES string of the molecule is CNc1cc(C(C)(C)C)nc2c(OC)ccc(Br)c12. The van der Waals surface area contributed by atoms with Crippen molar-refractivity contribution in [1.29, 1.82) is 0 Å². The molecule has 0 amide bonds. The summed E-state index contributed by atoms with van der Waals surface area (Å²) in [5.41, 5.74) is 2.97. The molecule has 0 unspecified atom stereocenters. The Labute approximate surface area is 122 Å². The van der Waals surface area contributed by atoms with Crippen molar-refractivity contribution in [1.82, 2.24) is 4.98 Å². The number of hydrogen-bond acceptors (Lipinski definition) is 3. The molecule has 0 radical (unpaired) electrons. The summed E-state index contributed by atoms with van der Waals surface area (Å²) in [7, 11) is 3.60. The fourth-order valence-electron chi connectivity index (χ4n) is 2.02. The van der Waals surface area contributed by atoms with Gasteiger partial charge in [-0.2, -0.15) is 0 Å². The van der Waals surface area contributed by atoms with Crippen LogP contribution in [0.25, 0.3) is 10.9 Å². The lowest BCUT2D eigenvalue weighted by Crippen LogP contribution is -2.14. The standard InChI is InChI=1S/C15H19BrN2O/c1-15(2,3)12-8-10(17-4)13-9(16)6-7-11(19-5)14(13)18-12/h6-8H,1-5H3,(H,17,18). The van der Waals surface area contributed by atoms with Gasteiger partial charge in [0.15, 0.2) is 0 Å². The second-order valence-corrected chi connectivity index (χ2v) is 6.38. The smallest absolute Gasteiger partial charge is 0.145 e. The van der Waals surface area contributed by atoms with Crippen molar-refractivity contribution < 1.29 is 4.74 Å². The summed E-state index contributed by atoms with van der Waals surface area (Å²) in [6.45, 7) is 6.47. The average molecular weight is 323 g/mol. The molecule has 1 N–H and O–H groups in total. The fraction of sp³-hybridized carbons (Fsp3) is 0.400. The highest BCUT2D eigenvalue weighted by molar-refractivity contribution is 9.10. The Morgan fingerprint density at radius 1 is 1.26 bits per heavy atom. The van der Waals surface area contributed by atoms with Crippen LogP contribution in [0.3, 0.4) is 0 Å². The van der Waals surface area contributed by atoms with E-state index in [1.807, 2.05) is 19.2 Å². The number of aromatic nitrogens is 1. The minimum atomic E-state index is -0.00683. The van der Waals surface area contributed by atoms with E-state index < -0.39 is 0 Å². The van der Waals surface area contributed by atoms with Crippen LogP contribution >= 0.6 is 15.9 Å². The van der Waals surface area contributed by atoms with E-state index in [1.54, 1.807) is 7.11 Å². The lowest BCUT2D eigenvalue weighted by molar-refractivity contribution is 0.418. The van der Waals surface area contributed by atoms with Crippen molar-refractivity contribution in [2.75, 3.05) is 19.5 Å². The monoisotopic (exact) mass is 322 g/mol. The van der Waals surface area contributed by atoms with Crippen LogP contribution < -0.4 is 10.1 Å². The molecule has 0 saturated heterocycles. The van der Waals surface area contributed by atoms with E-state index in [4.69, 9.17) is 9.72 Å². The molecular formula is C15H19BrN2O. The maximum atomic E-state index is 5.44. The van der Waals surface area contributed by atoms with Gasteiger partial charge in [-0.15, -0.1) is 0 Å². The molecule has 0 aliphatic heterocycles. The molecule has 0 fully saturated rings. The Balaban J connectivity index is 2.88. The Kier molecular flexibility index (Phi) is 3.72. The predicted octanol–water partition coefficient (Wildman–Crippen LogP) is 4.35. The van der Waals surface area contributed by atoms with Crippen LogP contribution in [0.5, 0.6) is 5.75 Å². The van der Waals surface area contributed by atoms with Gasteiger partial charge >= 0.3 is 0 Å². The molecule has 1 aromatic heterocycles. The van der Waals surface area contributed by atoms with E-state index in [2.05, 4.69) is 48.1 Å². The van der Waals surface area contributed by atoms with Crippen LogP contribution in [0.4, 0.5) is 5.69 Å². The number of hydrogen-bond donors (Lipinski definition) is 1. The molecule has 3 nitrogen and oxygen atoms in total. The van der Waals surface area contributed by atoms with Gasteiger partial charge in [0.1, 0.15) is 11.3 Å². The summed E-state index contributed by atoms with van der Waals surface area (Å²) < 4.78 is 6.45. The zero-order chi connectivity index (χ0) is 14.2. The summed E-state index contributed by atoms with van der Waals surface area (Å²) >= 11 is 3.59. The van der Waals surface area contributed by atoms with Crippen molar-refractivity contribution in [3.8, 4) is 5.75 Å². The molecule has 0 saturated carbocycles. The molecule has 0 spiro atoms. The van der Waals surface area contributed by atoms with Crippen LogP contribution in [0.2, 0.25) is 0 Å². The van der Waals surface area contributed by atoms with Gasteiger partial charge in [-0.25, -0.2) is 4.98 Å². The lowest BCUT2D eigenvalue weighted by atomic mass is 9.90. The largest absolute Gasteiger partial charge is 0.494 e. The molecule has 102 valence electrons. The number of fused-ring (bicyclic) bond motifs is 1. The highest BCUT2D eigenvalue weighted by Gasteiger charge is 2.20. The number of methoxy groups -OCH3 is 1. The first kappa shape index (κ1) is 14.1. The minimum Gasteiger partial charge on any atom is -0.494 e. The Morgan fingerprint density at radius 2 is 1.95 bits per heavy atom. The molecule has 1 heterocycles. The number of rotatable bonds is 2. The van der Waals surface area contributed by atoms with Gasteiger partial charge < -0.3 is 10.1 Å². The third-order valence-corrected chi connectivity index (χ3v) is 3.79. The van der Waals surface area contributed by atoms with E-state index in [1.165, 1.54) is 0 Å². The van der Waals surface area contributed by atoms with Gasteiger partial charge in [0.25, 0.3) is 0 Å². The Morgan fingerprint density at radius 3 is 2.47 bits per heavy atom. The number of nitrogens with one attached hydrogen (secondary N) is 1. The Hall–Kier alpha value is -1.29. The van der Waals surface area contributed by atoms with Crippen LogP contribution in [0.1, 0.15) is 26.5 Å². The molecule has 1 aromatic carbocycles. The number of pyridine rings is 1. The highest BCUT2D eigenvalue weighted by Crippen LogP contribution is 2.37. The topological polar surface area (TPSA) is 34.2 Å². The summed E-state index contributed by atoms with van der Waals surface area (Å²) in [6.07, 6.45) is 0. The number of nitrogens with zero attached hydrogens (tertiary/aromatic N) is 1. The van der Waals surface area contributed by atoms with Crippen molar-refractivity contribution in [3.05, 3.63) is 28.4 Å². The van der Waals surface area contributed by atoms with Crippen LogP contribution in [-0.4, -0.2) is 19.1 Å². The number of benzene rings is 1. The first-order valence-corrected chi connectivity index (χ1v) is 7.03. The second-order valence-electron chi connectivity index (χ2n) is 5.53. The van der Waals surface area contributed by atoms with Crippen molar-refractivity contribution in [3.63, 3.8) is 0 Å². The number of anilines is 1. The first-order chi connectivity index (χ1) is 8.88. The van der Waals surface area contributed by atoms with Crippen LogP contribution in [-0.2, 0) is 5.41 Å². The predicted molar refractivity (Wildman–Crippen MR) is 84.2 cm³/mol. The quantitative estimate of drug-likeness (QED) is 0.892. The zero-order valence-electron chi connectivity index (χ0n) is 12.0. The Bertz CT molecular complexity index is 618. The van der Waals surface area contributed by atoms with Gasteiger partial charge in [-0.05, 0) is 18.2 Å². The first-order valence-electron chi connectivity index (χ1n) is 6.24. The van der Waals surface area contributed by atoms with Gasteiger partial charge in [0.2, 0.25) is 0 Å². The molecule has 19 heavy (non-hydrogen) atoms. The molecule has 2 aromatic rings. The fourth-order valence-corrected chi connectivity index (χ4v) is 2.56. The van der Waals surface area contributed by atoms with Crippen LogP contribution in [0.15, 0.2) is 22.7 Å². The molecule has 0 bridgehead atoms. The van der Waals surface area contributed by atoms with Crippen molar-refractivity contribution in [2.24, 2.45) is 0 Å². The molecule has 0 atom stereocenters. The zero-order valence-corrected chi connectivity index (χ0v) is 13.6. The molecule has 0 aliphatic carbocycles. The maximum absolute atomic E-state index is 5.44. The number of halogens is 1. The van der Waals surface area contributed by atoms with E-state index in [0.717, 1.165) is 32.5 Å². The van der Waals surface area contributed by atoms with Crippen molar-refractivity contribution in [2.45, 2.75) is 26.2 Å². The van der Waals surface area contributed by atoms with Gasteiger partial charge in [-0.3, -0.25) is 0 Å². The maximum Gasteiger partial charge on any atom is 0.145 e. The van der Waals surface area contributed by atoms with E-state index in [-0.39, 0.29) is 5.41 Å². The molecule has 2 rings (SSSR count). The summed E-state index contributed by atoms with van der Waals surface area (Å²) in [5.74, 6) is 0.792. The molecule has 4 heteroatoms. The summed E-state index contributed by atoms with van der Waals surface area (Å²) in [6, 6.07) is 6.03. The van der Waals surface area contributed by atoms with Gasteiger partial charge in [-0.1, -0.05) is 36.7 Å². The normalized spacial score (nSPS) is 11.7. The summed E-state index contributed by atoms with van der Waals surface area (Å²) in [5, 5.41) is 4.30. The van der Waals surface area contributed by atoms with Gasteiger partial charge in [0, 0.05) is 33.7 Å². The number of ether oxygens (including phenoxy) is 1. The van der Waals surface area contributed by atoms with E-state index in [9.17, 15) is 0 Å². The molecule has 0 aliphatic rings. The minimum absolute atomic E-state index is 0.00683. The highest BCUT2D eigenvalue weighted by atomic mass is 79.9. The van der Waals surface area contributed by atoms with Crippen LogP contribution in [0, 0.1) is 0 Å².